The van der Waals surface area contributed by atoms with Crippen molar-refractivity contribution >= 4 is 18.9 Å². The summed E-state index contributed by atoms with van der Waals surface area (Å²) < 4.78 is 0. The Balaban J connectivity index is 0. The first-order valence-electron chi connectivity index (χ1n) is 5.16. The third-order valence-corrected chi connectivity index (χ3v) is 1.40. The summed E-state index contributed by atoms with van der Waals surface area (Å²) in [4.78, 5) is 10.3. The van der Waals surface area contributed by atoms with Crippen molar-refractivity contribution in [1.29, 1.82) is 0 Å². The van der Waals surface area contributed by atoms with Crippen LogP contribution in [0.4, 0.5) is 0 Å². The predicted molar refractivity (Wildman–Crippen MR) is 64.4 cm³/mol. The smallest absolute Gasteiger partial charge is 0.423 e. The Kier molecular flexibility index (Phi) is 11.9. The molecule has 84 valence electrons. The van der Waals surface area contributed by atoms with Crippen LogP contribution in [0, 0.1) is 0 Å². The first kappa shape index (κ1) is 16.3. The molecule has 2 N–H and O–H groups in total. The van der Waals surface area contributed by atoms with Gasteiger partial charge in [0.25, 0.3) is 0 Å². The van der Waals surface area contributed by atoms with Crippen LogP contribution in [0.25, 0.3) is 0 Å². The van der Waals surface area contributed by atoms with Gasteiger partial charge in [-0.3, -0.25) is 4.79 Å². The van der Waals surface area contributed by atoms with Gasteiger partial charge < -0.3 is 10.0 Å². The normalized spacial score (nSPS) is 7.60. The first-order chi connectivity index (χ1) is 7.25. The summed E-state index contributed by atoms with van der Waals surface area (Å²) in [5.41, 5.74) is 0.546. The zero-order chi connectivity index (χ0) is 12.3. The molecule has 1 aromatic rings. The number of carbonyl (C=O) groups excluding carboxylic acids is 1. The first-order valence-corrected chi connectivity index (χ1v) is 5.16. The van der Waals surface area contributed by atoms with E-state index in [0.29, 0.717) is 11.8 Å². The second kappa shape index (κ2) is 11.0. The summed E-state index contributed by atoms with van der Waals surface area (Å²) in [6, 6.07) is 6.33. The maximum Gasteiger partial charge on any atom is 0.489 e. The summed E-state index contributed by atoms with van der Waals surface area (Å²) in [5, 5.41) is 17.5. The van der Waals surface area contributed by atoms with Crippen molar-refractivity contribution < 1.29 is 14.8 Å². The van der Waals surface area contributed by atoms with Gasteiger partial charge in [0.2, 0.25) is 0 Å². The molecule has 0 atom stereocenters. The number of aldehydes is 1. The number of rotatable bonds is 2. The lowest BCUT2D eigenvalue weighted by Gasteiger charge is -2.00. The highest BCUT2D eigenvalue weighted by molar-refractivity contribution is 6.60. The van der Waals surface area contributed by atoms with Crippen molar-refractivity contribution in [2.75, 3.05) is 0 Å². The Bertz CT molecular complexity index is 262. The minimum absolute atomic E-state index is 0.238. The summed E-state index contributed by atoms with van der Waals surface area (Å²) in [5.74, 6) is 0. The molecule has 0 unspecified atom stereocenters. The van der Waals surface area contributed by atoms with E-state index in [0.717, 1.165) is 0 Å². The molecule has 3 nitrogen and oxygen atoms in total. The Morgan fingerprint density at radius 1 is 1.07 bits per heavy atom. The highest BCUT2D eigenvalue weighted by atomic mass is 16.4. The van der Waals surface area contributed by atoms with Gasteiger partial charge in [-0.15, -0.1) is 0 Å². The minimum atomic E-state index is -1.57. The largest absolute Gasteiger partial charge is 0.489 e. The Morgan fingerprint density at radius 3 is 1.87 bits per heavy atom. The molecule has 0 amide bonds. The van der Waals surface area contributed by atoms with E-state index >= 15 is 0 Å². The molecule has 0 heterocycles. The molecule has 0 radical (unpaired) electrons. The predicted octanol–water partition coefficient (Wildman–Crippen LogP) is 1.23. The van der Waals surface area contributed by atoms with E-state index in [1.165, 1.54) is 12.1 Å². The topological polar surface area (TPSA) is 57.5 Å². The van der Waals surface area contributed by atoms with Crippen molar-refractivity contribution in [3.63, 3.8) is 0 Å². The monoisotopic (exact) mass is 210 g/mol. The van der Waals surface area contributed by atoms with Gasteiger partial charge in [0.05, 0.1) is 0 Å². The molecule has 0 fully saturated rings. The molecule has 0 saturated carbocycles. The molecule has 0 bridgehead atoms. The fourth-order valence-electron chi connectivity index (χ4n) is 0.853. The fraction of sp³-hybridized carbons (Fsp3) is 0.364. The molecule has 1 rings (SSSR count). The van der Waals surface area contributed by atoms with Gasteiger partial charge in [0, 0.05) is 5.56 Å². The molecule has 1 aromatic carbocycles. The van der Waals surface area contributed by atoms with Crippen LogP contribution in [0.2, 0.25) is 0 Å². The van der Waals surface area contributed by atoms with Gasteiger partial charge in [-0.05, 0) is 5.46 Å². The third kappa shape index (κ3) is 6.04. The zero-order valence-corrected chi connectivity index (χ0v) is 9.77. The van der Waals surface area contributed by atoms with Crippen molar-refractivity contribution in [2.45, 2.75) is 27.7 Å². The van der Waals surface area contributed by atoms with Crippen LogP contribution in [0.1, 0.15) is 38.1 Å². The van der Waals surface area contributed by atoms with Gasteiger partial charge in [-0.25, -0.2) is 0 Å². The van der Waals surface area contributed by atoms with Gasteiger partial charge in [0.15, 0.2) is 0 Å². The average Bonchev–Trinajstić information content (AvgIpc) is 2.34. The molecule has 15 heavy (non-hydrogen) atoms. The lowest BCUT2D eigenvalue weighted by Crippen LogP contribution is -2.32. The van der Waals surface area contributed by atoms with E-state index in [9.17, 15) is 4.79 Å². The molecular weight excluding hydrogens is 191 g/mol. The van der Waals surface area contributed by atoms with Gasteiger partial charge in [-0.2, -0.15) is 0 Å². The van der Waals surface area contributed by atoms with Crippen molar-refractivity contribution in [3.05, 3.63) is 29.8 Å². The number of hydrogen-bond acceptors (Lipinski definition) is 3. The van der Waals surface area contributed by atoms with Crippen LogP contribution in [-0.4, -0.2) is 23.5 Å². The maximum atomic E-state index is 10.3. The molecule has 0 aromatic heterocycles. The van der Waals surface area contributed by atoms with Gasteiger partial charge in [0.1, 0.15) is 6.29 Å². The minimum Gasteiger partial charge on any atom is -0.423 e. The highest BCUT2D eigenvalue weighted by Crippen LogP contribution is 1.92. The second-order valence-corrected chi connectivity index (χ2v) is 2.12. The molecule has 0 aliphatic heterocycles. The summed E-state index contributed by atoms with van der Waals surface area (Å²) in [7, 11) is -1.57. The summed E-state index contributed by atoms with van der Waals surface area (Å²) >= 11 is 0. The molecule has 4 heteroatoms. The lowest BCUT2D eigenvalue weighted by atomic mass is 9.77. The van der Waals surface area contributed by atoms with Gasteiger partial charge >= 0.3 is 7.12 Å². The fourth-order valence-corrected chi connectivity index (χ4v) is 0.853. The number of carbonyl (C=O) groups is 1. The van der Waals surface area contributed by atoms with Crippen LogP contribution in [0.3, 0.4) is 0 Å². The van der Waals surface area contributed by atoms with E-state index in [2.05, 4.69) is 0 Å². The van der Waals surface area contributed by atoms with Crippen LogP contribution in [-0.2, 0) is 0 Å². The third-order valence-electron chi connectivity index (χ3n) is 1.40. The lowest BCUT2D eigenvalue weighted by molar-refractivity contribution is 0.112. The van der Waals surface area contributed by atoms with Crippen molar-refractivity contribution in [3.8, 4) is 0 Å². The van der Waals surface area contributed by atoms with Crippen LogP contribution in [0.15, 0.2) is 24.3 Å². The molecule has 0 aliphatic rings. The Morgan fingerprint density at radius 2 is 1.53 bits per heavy atom. The zero-order valence-electron chi connectivity index (χ0n) is 9.77. The van der Waals surface area contributed by atoms with Crippen LogP contribution >= 0.6 is 0 Å². The summed E-state index contributed by atoms with van der Waals surface area (Å²) in [6.45, 7) is 8.00. The van der Waals surface area contributed by atoms with E-state index in [1.807, 2.05) is 27.7 Å². The SMILES string of the molecule is CC.CC.O=Cc1ccccc1B(O)O. The van der Waals surface area contributed by atoms with Crippen molar-refractivity contribution in [2.24, 2.45) is 0 Å². The van der Waals surface area contributed by atoms with Crippen LogP contribution in [0.5, 0.6) is 0 Å². The molecular formula is C11H19BO3. The second-order valence-electron chi connectivity index (χ2n) is 2.12. The summed E-state index contributed by atoms with van der Waals surface area (Å²) in [6.07, 6.45) is 0.592. The van der Waals surface area contributed by atoms with Gasteiger partial charge in [-0.1, -0.05) is 52.0 Å². The number of hydrogen-bond donors (Lipinski definition) is 2. The maximum absolute atomic E-state index is 10.3. The Hall–Kier alpha value is -1.13. The number of benzene rings is 1. The van der Waals surface area contributed by atoms with Crippen molar-refractivity contribution in [1.82, 2.24) is 0 Å². The van der Waals surface area contributed by atoms with E-state index in [1.54, 1.807) is 12.1 Å². The van der Waals surface area contributed by atoms with E-state index in [-0.39, 0.29) is 5.46 Å². The average molecular weight is 210 g/mol. The molecule has 0 spiro atoms. The highest BCUT2D eigenvalue weighted by Gasteiger charge is 2.13. The standard InChI is InChI=1S/C7H7BO3.2C2H6/c9-5-6-3-1-2-4-7(6)8(10)11;2*1-2/h1-5,10-11H;2*1-2H3. The van der Waals surface area contributed by atoms with E-state index < -0.39 is 7.12 Å². The molecule has 0 aliphatic carbocycles. The molecule has 0 saturated heterocycles. The van der Waals surface area contributed by atoms with E-state index in [4.69, 9.17) is 10.0 Å². The Labute approximate surface area is 91.9 Å². The van der Waals surface area contributed by atoms with Crippen LogP contribution < -0.4 is 5.46 Å². The quantitative estimate of drug-likeness (QED) is 0.570.